The topological polar surface area (TPSA) is 64.3 Å². The number of carbonyl (C=O) groups is 1. The third kappa shape index (κ3) is 4.23. The third-order valence-electron chi connectivity index (χ3n) is 3.95. The van der Waals surface area contributed by atoms with Crippen LogP contribution in [-0.4, -0.2) is 25.1 Å². The van der Waals surface area contributed by atoms with Crippen molar-refractivity contribution in [2.45, 2.75) is 50.6 Å². The molecule has 1 aromatic carbocycles. The lowest BCUT2D eigenvalue weighted by Crippen LogP contribution is -2.40. The van der Waals surface area contributed by atoms with Crippen molar-refractivity contribution in [1.29, 1.82) is 0 Å². The third-order valence-corrected chi connectivity index (χ3v) is 3.95. The second-order valence-corrected chi connectivity index (χ2v) is 5.49. The highest BCUT2D eigenvalue weighted by molar-refractivity contribution is 5.76. The Labute approximate surface area is 120 Å². The predicted molar refractivity (Wildman–Crippen MR) is 79.7 cm³/mol. The highest BCUT2D eigenvalue weighted by Crippen LogP contribution is 2.20. The van der Waals surface area contributed by atoms with E-state index in [-0.39, 0.29) is 5.91 Å². The van der Waals surface area contributed by atoms with Gasteiger partial charge in [-0.25, -0.2) is 0 Å². The molecule has 4 nitrogen and oxygen atoms in total. The maximum atomic E-state index is 12.0. The number of carbonyl (C=O) groups excluding carboxylic acids is 1. The second-order valence-electron chi connectivity index (χ2n) is 5.49. The fourth-order valence-corrected chi connectivity index (χ4v) is 2.72. The summed E-state index contributed by atoms with van der Waals surface area (Å²) in [6, 6.07) is 8.46. The Morgan fingerprint density at radius 2 is 2.00 bits per heavy atom. The summed E-state index contributed by atoms with van der Waals surface area (Å²) in [6.07, 6.45) is 5.24. The van der Waals surface area contributed by atoms with Crippen LogP contribution in [0.2, 0.25) is 0 Å². The number of amides is 1. The average molecular weight is 276 g/mol. The number of nitrogens with two attached hydrogens (primary N) is 1. The average Bonchev–Trinajstić information content (AvgIpc) is 2.48. The van der Waals surface area contributed by atoms with E-state index in [1.165, 1.54) is 0 Å². The highest BCUT2D eigenvalue weighted by atomic mass is 16.5. The largest absolute Gasteiger partial charge is 0.496 e. The zero-order chi connectivity index (χ0) is 14.4. The summed E-state index contributed by atoms with van der Waals surface area (Å²) in [4.78, 5) is 12.0. The molecular weight excluding hydrogens is 252 g/mol. The normalized spacial score (nSPS) is 22.3. The first kappa shape index (κ1) is 14.9. The Morgan fingerprint density at radius 1 is 1.30 bits per heavy atom. The molecule has 0 atom stereocenters. The van der Waals surface area contributed by atoms with Crippen LogP contribution >= 0.6 is 0 Å². The molecule has 110 valence electrons. The van der Waals surface area contributed by atoms with Gasteiger partial charge in [0.1, 0.15) is 5.75 Å². The number of benzene rings is 1. The van der Waals surface area contributed by atoms with Gasteiger partial charge in [-0.2, -0.15) is 0 Å². The molecule has 0 spiro atoms. The molecule has 20 heavy (non-hydrogen) atoms. The molecule has 0 saturated heterocycles. The van der Waals surface area contributed by atoms with E-state index < -0.39 is 0 Å². The van der Waals surface area contributed by atoms with E-state index in [1.807, 2.05) is 24.3 Å². The molecule has 0 bridgehead atoms. The van der Waals surface area contributed by atoms with Crippen LogP contribution in [0.5, 0.6) is 5.75 Å². The molecule has 1 aliphatic rings. The Balaban J connectivity index is 1.77. The lowest BCUT2D eigenvalue weighted by Gasteiger charge is -2.26. The molecule has 1 aliphatic carbocycles. The van der Waals surface area contributed by atoms with Crippen molar-refractivity contribution in [3.8, 4) is 5.75 Å². The van der Waals surface area contributed by atoms with Gasteiger partial charge in [-0.15, -0.1) is 0 Å². The number of methoxy groups -OCH3 is 1. The summed E-state index contributed by atoms with van der Waals surface area (Å²) < 4.78 is 5.29. The molecular formula is C16H24N2O2. The number of aryl methyl sites for hydroxylation is 1. The van der Waals surface area contributed by atoms with Crippen molar-refractivity contribution < 1.29 is 9.53 Å². The van der Waals surface area contributed by atoms with Gasteiger partial charge in [0.05, 0.1) is 7.11 Å². The Kier molecular flexibility index (Phi) is 5.41. The van der Waals surface area contributed by atoms with Crippen molar-refractivity contribution in [3.05, 3.63) is 29.8 Å². The number of ether oxygens (including phenoxy) is 1. The highest BCUT2D eigenvalue weighted by Gasteiger charge is 2.19. The quantitative estimate of drug-likeness (QED) is 0.864. The minimum atomic E-state index is 0.122. The molecule has 2 rings (SSSR count). The molecule has 1 fully saturated rings. The smallest absolute Gasteiger partial charge is 0.220 e. The Bertz CT molecular complexity index is 440. The summed E-state index contributed by atoms with van der Waals surface area (Å²) in [5.74, 6) is 0.973. The van der Waals surface area contributed by atoms with Gasteiger partial charge in [0, 0.05) is 18.5 Å². The second kappa shape index (κ2) is 7.29. The van der Waals surface area contributed by atoms with Gasteiger partial charge in [-0.1, -0.05) is 18.2 Å². The van der Waals surface area contributed by atoms with Crippen molar-refractivity contribution in [3.63, 3.8) is 0 Å². The maximum absolute atomic E-state index is 12.0. The van der Waals surface area contributed by atoms with Crippen molar-refractivity contribution in [2.24, 2.45) is 5.73 Å². The van der Waals surface area contributed by atoms with Crippen molar-refractivity contribution in [1.82, 2.24) is 5.32 Å². The van der Waals surface area contributed by atoms with Gasteiger partial charge in [-0.3, -0.25) is 4.79 Å². The van der Waals surface area contributed by atoms with E-state index in [0.717, 1.165) is 37.0 Å². The maximum Gasteiger partial charge on any atom is 0.220 e. The fourth-order valence-electron chi connectivity index (χ4n) is 2.72. The fraction of sp³-hybridized carbons (Fsp3) is 0.562. The molecule has 3 N–H and O–H groups in total. The van der Waals surface area contributed by atoms with Crippen molar-refractivity contribution >= 4 is 5.91 Å². The molecule has 0 heterocycles. The van der Waals surface area contributed by atoms with Gasteiger partial charge < -0.3 is 15.8 Å². The van der Waals surface area contributed by atoms with Crippen LogP contribution in [0, 0.1) is 0 Å². The first-order valence-corrected chi connectivity index (χ1v) is 7.36. The van der Waals surface area contributed by atoms with Crippen LogP contribution in [0.15, 0.2) is 24.3 Å². The lowest BCUT2D eigenvalue weighted by molar-refractivity contribution is -0.122. The molecule has 1 saturated carbocycles. The SMILES string of the molecule is COc1ccccc1CCC(=O)NC1CCC(N)CC1. The summed E-state index contributed by atoms with van der Waals surface area (Å²) >= 11 is 0. The minimum Gasteiger partial charge on any atom is -0.496 e. The Morgan fingerprint density at radius 3 is 2.70 bits per heavy atom. The number of hydrogen-bond donors (Lipinski definition) is 2. The molecule has 0 unspecified atom stereocenters. The summed E-state index contributed by atoms with van der Waals surface area (Å²) in [5, 5.41) is 3.11. The van der Waals surface area contributed by atoms with Crippen LogP contribution in [-0.2, 0) is 11.2 Å². The van der Waals surface area contributed by atoms with Crippen LogP contribution in [0.1, 0.15) is 37.7 Å². The molecule has 1 amide bonds. The summed E-state index contributed by atoms with van der Waals surface area (Å²) in [7, 11) is 1.66. The van der Waals surface area contributed by atoms with E-state index in [4.69, 9.17) is 10.5 Å². The number of para-hydroxylation sites is 1. The van der Waals surface area contributed by atoms with Gasteiger partial charge in [0.25, 0.3) is 0 Å². The molecule has 0 aliphatic heterocycles. The summed E-state index contributed by atoms with van der Waals surface area (Å²) in [5.41, 5.74) is 6.95. The van der Waals surface area contributed by atoms with E-state index >= 15 is 0 Å². The zero-order valence-corrected chi connectivity index (χ0v) is 12.1. The predicted octanol–water partition coefficient (Wildman–Crippen LogP) is 2.01. The first-order valence-electron chi connectivity index (χ1n) is 7.36. The number of nitrogens with one attached hydrogen (secondary N) is 1. The molecule has 1 aromatic rings. The summed E-state index contributed by atoms with van der Waals surface area (Å²) in [6.45, 7) is 0. The van der Waals surface area contributed by atoms with Crippen LogP contribution in [0.3, 0.4) is 0 Å². The Hall–Kier alpha value is -1.55. The monoisotopic (exact) mass is 276 g/mol. The first-order chi connectivity index (χ1) is 9.69. The van der Waals surface area contributed by atoms with Gasteiger partial charge in [0.15, 0.2) is 0 Å². The number of rotatable bonds is 5. The van der Waals surface area contributed by atoms with E-state index in [2.05, 4.69) is 5.32 Å². The lowest BCUT2D eigenvalue weighted by atomic mass is 9.91. The van der Waals surface area contributed by atoms with Gasteiger partial charge in [0.2, 0.25) is 5.91 Å². The van der Waals surface area contributed by atoms with Crippen molar-refractivity contribution in [2.75, 3.05) is 7.11 Å². The molecule has 4 heteroatoms. The van der Waals surface area contributed by atoms with Gasteiger partial charge >= 0.3 is 0 Å². The van der Waals surface area contributed by atoms with Crippen LogP contribution in [0.4, 0.5) is 0 Å². The number of hydrogen-bond acceptors (Lipinski definition) is 3. The van der Waals surface area contributed by atoms with Gasteiger partial charge in [-0.05, 0) is 43.7 Å². The minimum absolute atomic E-state index is 0.122. The molecule has 0 radical (unpaired) electrons. The van der Waals surface area contributed by atoms with E-state index in [0.29, 0.717) is 24.9 Å². The zero-order valence-electron chi connectivity index (χ0n) is 12.1. The van der Waals surface area contributed by atoms with E-state index in [9.17, 15) is 4.79 Å². The van der Waals surface area contributed by atoms with E-state index in [1.54, 1.807) is 7.11 Å². The molecule has 0 aromatic heterocycles. The standard InChI is InChI=1S/C16H24N2O2/c1-20-15-5-3-2-4-12(15)6-11-16(19)18-14-9-7-13(17)8-10-14/h2-5,13-14H,6-11,17H2,1H3,(H,18,19). The van der Waals surface area contributed by atoms with Crippen LogP contribution < -0.4 is 15.8 Å². The van der Waals surface area contributed by atoms with Crippen LogP contribution in [0.25, 0.3) is 0 Å².